The van der Waals surface area contributed by atoms with Crippen LogP contribution in [0.2, 0.25) is 5.02 Å². The van der Waals surface area contributed by atoms with Crippen molar-refractivity contribution in [3.05, 3.63) is 57.3 Å². The zero-order valence-corrected chi connectivity index (χ0v) is 14.0. The first kappa shape index (κ1) is 16.1. The van der Waals surface area contributed by atoms with Gasteiger partial charge in [0.25, 0.3) is 0 Å². The maximum absolute atomic E-state index is 13.1. The lowest BCUT2D eigenvalue weighted by Gasteiger charge is -2.14. The Morgan fingerprint density at radius 1 is 1.24 bits per heavy atom. The van der Waals surface area contributed by atoms with Gasteiger partial charge in [-0.25, -0.2) is 4.39 Å². The molecule has 0 fully saturated rings. The highest BCUT2D eigenvalue weighted by atomic mass is 79.9. The Kier molecular flexibility index (Phi) is 5.88. The molecule has 0 aliphatic heterocycles. The van der Waals surface area contributed by atoms with Crippen LogP contribution in [-0.2, 0) is 6.54 Å². The van der Waals surface area contributed by atoms with Crippen molar-refractivity contribution in [1.29, 1.82) is 0 Å². The van der Waals surface area contributed by atoms with E-state index in [1.807, 2.05) is 12.1 Å². The van der Waals surface area contributed by atoms with Crippen LogP contribution >= 0.6 is 27.5 Å². The molecular formula is C16H16BrClFNO. The van der Waals surface area contributed by atoms with E-state index in [0.717, 1.165) is 27.9 Å². The summed E-state index contributed by atoms with van der Waals surface area (Å²) in [4.78, 5) is 0. The third-order valence-electron chi connectivity index (χ3n) is 2.89. The number of rotatable bonds is 6. The summed E-state index contributed by atoms with van der Waals surface area (Å²) in [5, 5.41) is 3.92. The van der Waals surface area contributed by atoms with E-state index >= 15 is 0 Å². The SMILES string of the molecule is CCCOc1ccc(Cl)cc1NCc1ccc(F)cc1Br. The molecule has 0 saturated carbocycles. The molecule has 2 rings (SSSR count). The summed E-state index contributed by atoms with van der Waals surface area (Å²) in [6.45, 7) is 3.25. The van der Waals surface area contributed by atoms with Gasteiger partial charge in [0.15, 0.2) is 0 Å². The van der Waals surface area contributed by atoms with Crippen LogP contribution < -0.4 is 10.1 Å². The first-order valence-corrected chi connectivity index (χ1v) is 7.87. The minimum Gasteiger partial charge on any atom is -0.491 e. The molecule has 0 spiro atoms. The highest BCUT2D eigenvalue weighted by Crippen LogP contribution is 2.29. The van der Waals surface area contributed by atoms with E-state index in [1.54, 1.807) is 12.1 Å². The number of halogens is 3. The molecule has 0 aliphatic rings. The smallest absolute Gasteiger partial charge is 0.142 e. The zero-order chi connectivity index (χ0) is 15.2. The van der Waals surface area contributed by atoms with Crippen molar-refractivity contribution < 1.29 is 9.13 Å². The van der Waals surface area contributed by atoms with Crippen molar-refractivity contribution in [3.8, 4) is 5.75 Å². The first-order valence-electron chi connectivity index (χ1n) is 6.70. The molecule has 5 heteroatoms. The Balaban J connectivity index is 2.12. The molecule has 0 aliphatic carbocycles. The number of hydrogen-bond donors (Lipinski definition) is 1. The minimum absolute atomic E-state index is 0.264. The second-order valence-corrected chi connectivity index (χ2v) is 5.87. The van der Waals surface area contributed by atoms with Crippen LogP contribution in [0.3, 0.4) is 0 Å². The lowest BCUT2D eigenvalue weighted by Crippen LogP contribution is -2.04. The molecule has 1 N–H and O–H groups in total. The minimum atomic E-state index is -0.264. The Hall–Kier alpha value is -1.26. The van der Waals surface area contributed by atoms with Crippen molar-refractivity contribution in [2.45, 2.75) is 19.9 Å². The number of ether oxygens (including phenoxy) is 1. The third-order valence-corrected chi connectivity index (χ3v) is 3.86. The van der Waals surface area contributed by atoms with E-state index in [4.69, 9.17) is 16.3 Å². The van der Waals surface area contributed by atoms with Crippen LogP contribution in [0.15, 0.2) is 40.9 Å². The van der Waals surface area contributed by atoms with Crippen molar-refractivity contribution >= 4 is 33.2 Å². The molecule has 112 valence electrons. The van der Waals surface area contributed by atoms with Gasteiger partial charge in [0.2, 0.25) is 0 Å². The van der Waals surface area contributed by atoms with Crippen molar-refractivity contribution in [1.82, 2.24) is 0 Å². The van der Waals surface area contributed by atoms with Gasteiger partial charge in [0, 0.05) is 16.0 Å². The van der Waals surface area contributed by atoms with E-state index in [9.17, 15) is 4.39 Å². The van der Waals surface area contributed by atoms with Gasteiger partial charge in [0.05, 0.1) is 12.3 Å². The average Bonchev–Trinajstić information content (AvgIpc) is 2.45. The van der Waals surface area contributed by atoms with Crippen LogP contribution in [0.5, 0.6) is 5.75 Å². The summed E-state index contributed by atoms with van der Waals surface area (Å²) in [6, 6.07) is 10.1. The molecule has 0 bridgehead atoms. The van der Waals surface area contributed by atoms with E-state index in [0.29, 0.717) is 18.2 Å². The maximum Gasteiger partial charge on any atom is 0.142 e. The van der Waals surface area contributed by atoms with Gasteiger partial charge in [-0.1, -0.05) is 40.5 Å². The molecule has 0 unspecified atom stereocenters. The molecule has 2 aromatic carbocycles. The number of hydrogen-bond acceptors (Lipinski definition) is 2. The Bertz CT molecular complexity index is 621. The lowest BCUT2D eigenvalue weighted by atomic mass is 10.2. The molecule has 0 saturated heterocycles. The van der Waals surface area contributed by atoms with Crippen LogP contribution in [0.4, 0.5) is 10.1 Å². The molecule has 21 heavy (non-hydrogen) atoms. The molecular weight excluding hydrogens is 357 g/mol. The highest BCUT2D eigenvalue weighted by molar-refractivity contribution is 9.10. The van der Waals surface area contributed by atoms with E-state index < -0.39 is 0 Å². The van der Waals surface area contributed by atoms with Crippen molar-refractivity contribution in [2.24, 2.45) is 0 Å². The largest absolute Gasteiger partial charge is 0.491 e. The highest BCUT2D eigenvalue weighted by Gasteiger charge is 2.06. The van der Waals surface area contributed by atoms with Crippen LogP contribution in [0, 0.1) is 5.82 Å². The summed E-state index contributed by atoms with van der Waals surface area (Å²) in [5.74, 6) is 0.500. The monoisotopic (exact) mass is 371 g/mol. The van der Waals surface area contributed by atoms with E-state index in [-0.39, 0.29) is 5.82 Å². The first-order chi connectivity index (χ1) is 10.1. The third kappa shape index (κ3) is 4.61. The topological polar surface area (TPSA) is 21.3 Å². The van der Waals surface area contributed by atoms with Crippen LogP contribution in [0.1, 0.15) is 18.9 Å². The standard InChI is InChI=1S/C16H16BrClFNO/c1-2-7-21-16-6-4-12(18)8-15(16)20-10-11-3-5-13(19)9-14(11)17/h3-6,8-9,20H,2,7,10H2,1H3. The zero-order valence-electron chi connectivity index (χ0n) is 11.6. The molecule has 2 nitrogen and oxygen atoms in total. The molecule has 0 amide bonds. The van der Waals surface area contributed by atoms with Gasteiger partial charge in [-0.3, -0.25) is 0 Å². The quantitative estimate of drug-likeness (QED) is 0.708. The lowest BCUT2D eigenvalue weighted by molar-refractivity contribution is 0.319. The van der Waals surface area contributed by atoms with Gasteiger partial charge in [0.1, 0.15) is 11.6 Å². The van der Waals surface area contributed by atoms with Crippen LogP contribution in [-0.4, -0.2) is 6.61 Å². The summed E-state index contributed by atoms with van der Waals surface area (Å²) in [6.07, 6.45) is 0.936. The molecule has 0 atom stereocenters. The summed E-state index contributed by atoms with van der Waals surface area (Å²) in [7, 11) is 0. The van der Waals surface area contributed by atoms with E-state index in [1.165, 1.54) is 12.1 Å². The second kappa shape index (κ2) is 7.66. The van der Waals surface area contributed by atoms with Gasteiger partial charge in [-0.2, -0.15) is 0 Å². The number of nitrogens with one attached hydrogen (secondary N) is 1. The van der Waals surface area contributed by atoms with Gasteiger partial charge in [-0.05, 0) is 42.3 Å². The summed E-state index contributed by atoms with van der Waals surface area (Å²) < 4.78 is 19.5. The van der Waals surface area contributed by atoms with Crippen molar-refractivity contribution in [3.63, 3.8) is 0 Å². The fraction of sp³-hybridized carbons (Fsp3) is 0.250. The average molecular weight is 373 g/mol. The Labute approximate surface area is 137 Å². The van der Waals surface area contributed by atoms with Gasteiger partial charge in [-0.15, -0.1) is 0 Å². The second-order valence-electron chi connectivity index (χ2n) is 4.58. The fourth-order valence-electron chi connectivity index (χ4n) is 1.83. The number of benzene rings is 2. The normalized spacial score (nSPS) is 10.5. The summed E-state index contributed by atoms with van der Waals surface area (Å²) >= 11 is 9.39. The Morgan fingerprint density at radius 3 is 2.76 bits per heavy atom. The summed E-state index contributed by atoms with van der Waals surface area (Å²) in [5.41, 5.74) is 1.78. The van der Waals surface area contributed by atoms with E-state index in [2.05, 4.69) is 28.2 Å². The van der Waals surface area contributed by atoms with Gasteiger partial charge < -0.3 is 10.1 Å². The molecule has 0 aromatic heterocycles. The Morgan fingerprint density at radius 2 is 2.05 bits per heavy atom. The molecule has 2 aromatic rings. The predicted molar refractivity (Wildman–Crippen MR) is 88.7 cm³/mol. The molecule has 0 radical (unpaired) electrons. The van der Waals surface area contributed by atoms with Crippen LogP contribution in [0.25, 0.3) is 0 Å². The number of anilines is 1. The van der Waals surface area contributed by atoms with Gasteiger partial charge >= 0.3 is 0 Å². The predicted octanol–water partition coefficient (Wildman–Crippen LogP) is 5.64. The maximum atomic E-state index is 13.1. The molecule has 0 heterocycles. The van der Waals surface area contributed by atoms with Crippen molar-refractivity contribution in [2.75, 3.05) is 11.9 Å². The fourth-order valence-corrected chi connectivity index (χ4v) is 2.50.